The molecule has 0 spiro atoms. The number of ether oxygens (including phenoxy) is 2. The Morgan fingerprint density at radius 3 is 2.22 bits per heavy atom. The number of carbonyl (C=O) groups excluding carboxylic acids is 1. The second-order valence-electron chi connectivity index (χ2n) is 10.7. The number of quaternary nitrogens is 1. The first kappa shape index (κ1) is 30.8. The summed E-state index contributed by atoms with van der Waals surface area (Å²) in [6.45, 7) is 8.90. The molecule has 1 unspecified atom stereocenters. The fourth-order valence-corrected chi connectivity index (χ4v) is 5.38. The second-order valence-corrected chi connectivity index (χ2v) is 11.3. The van der Waals surface area contributed by atoms with E-state index in [1.54, 1.807) is 0 Å². The SMILES string of the molecule is CCCCCCCCCCCCC(=O)O[C@@H](C)[N+]1(C)CCC=C(c2nsnc2OCCCCCC)C1. The van der Waals surface area contributed by atoms with Crippen LogP contribution >= 0.6 is 11.7 Å². The van der Waals surface area contributed by atoms with Crippen molar-refractivity contribution < 1.29 is 18.8 Å². The zero-order valence-electron chi connectivity index (χ0n) is 23.6. The standard InChI is InChI=1S/C29H52N3O3S/c1-5-7-9-11-12-13-14-15-16-17-21-27(33)35-25(3)32(4)22-19-20-26(24-32)28-29(31-36-30-28)34-23-18-10-8-6-2/h20,25H,5-19,21-24H2,1-4H3/q+1/t25-,32?/m0/s1. The van der Waals surface area contributed by atoms with Crippen molar-refractivity contribution in [3.63, 3.8) is 0 Å². The van der Waals surface area contributed by atoms with Gasteiger partial charge >= 0.3 is 5.97 Å². The lowest BCUT2D eigenvalue weighted by atomic mass is 10.0. The summed E-state index contributed by atoms with van der Waals surface area (Å²) in [5, 5.41) is 0. The van der Waals surface area contributed by atoms with Gasteiger partial charge in [0.1, 0.15) is 12.2 Å². The highest BCUT2D eigenvalue weighted by atomic mass is 32.1. The van der Waals surface area contributed by atoms with Gasteiger partial charge in [-0.15, -0.1) is 4.37 Å². The normalized spacial score (nSPS) is 18.6. The average Bonchev–Trinajstić information content (AvgIpc) is 3.33. The first-order valence-corrected chi connectivity index (χ1v) is 15.4. The molecule has 1 aliphatic rings. The Morgan fingerprint density at radius 1 is 0.944 bits per heavy atom. The molecule has 1 aliphatic heterocycles. The number of unbranched alkanes of at least 4 members (excludes halogenated alkanes) is 12. The molecule has 36 heavy (non-hydrogen) atoms. The van der Waals surface area contributed by atoms with Gasteiger partial charge in [0.2, 0.25) is 6.23 Å². The van der Waals surface area contributed by atoms with Crippen LogP contribution in [0.5, 0.6) is 5.88 Å². The monoisotopic (exact) mass is 522 g/mol. The predicted molar refractivity (Wildman–Crippen MR) is 150 cm³/mol. The number of hydrogen-bond donors (Lipinski definition) is 0. The van der Waals surface area contributed by atoms with Gasteiger partial charge in [0.25, 0.3) is 5.88 Å². The van der Waals surface area contributed by atoms with Gasteiger partial charge in [-0.1, -0.05) is 97.0 Å². The molecule has 2 rings (SSSR count). The highest BCUT2D eigenvalue weighted by Gasteiger charge is 2.36. The highest BCUT2D eigenvalue weighted by Crippen LogP contribution is 2.31. The van der Waals surface area contributed by atoms with Crippen LogP contribution < -0.4 is 4.74 Å². The Balaban J connectivity index is 1.70. The summed E-state index contributed by atoms with van der Waals surface area (Å²) in [5.74, 6) is 0.589. The number of hydrogen-bond acceptors (Lipinski definition) is 6. The van der Waals surface area contributed by atoms with Gasteiger partial charge in [-0.3, -0.25) is 9.28 Å². The Kier molecular flexibility index (Phi) is 15.3. The van der Waals surface area contributed by atoms with Crippen LogP contribution in [0.25, 0.3) is 5.57 Å². The third-order valence-electron chi connectivity index (χ3n) is 7.48. The summed E-state index contributed by atoms with van der Waals surface area (Å²) in [4.78, 5) is 12.5. The highest BCUT2D eigenvalue weighted by molar-refractivity contribution is 6.99. The zero-order valence-corrected chi connectivity index (χ0v) is 24.4. The average molecular weight is 523 g/mol. The molecule has 2 atom stereocenters. The van der Waals surface area contributed by atoms with Crippen LogP contribution in [0.2, 0.25) is 0 Å². The van der Waals surface area contributed by atoms with E-state index in [0.29, 0.717) is 23.4 Å². The number of aromatic nitrogens is 2. The van der Waals surface area contributed by atoms with Crippen LogP contribution in [-0.4, -0.2) is 52.2 Å². The van der Waals surface area contributed by atoms with E-state index in [2.05, 4.69) is 35.7 Å². The number of carbonyl (C=O) groups is 1. The van der Waals surface area contributed by atoms with Crippen molar-refractivity contribution in [2.45, 2.75) is 130 Å². The molecule has 206 valence electrons. The van der Waals surface area contributed by atoms with Gasteiger partial charge in [-0.25, -0.2) is 0 Å². The van der Waals surface area contributed by atoms with E-state index in [4.69, 9.17) is 9.47 Å². The van der Waals surface area contributed by atoms with Crippen molar-refractivity contribution >= 4 is 23.3 Å². The van der Waals surface area contributed by atoms with Crippen molar-refractivity contribution in [3.8, 4) is 5.88 Å². The van der Waals surface area contributed by atoms with Gasteiger partial charge in [0.15, 0.2) is 0 Å². The van der Waals surface area contributed by atoms with E-state index in [1.165, 1.54) is 82.4 Å². The van der Waals surface area contributed by atoms with Gasteiger partial charge in [-0.05, 0) is 12.8 Å². The van der Waals surface area contributed by atoms with Crippen molar-refractivity contribution in [2.24, 2.45) is 0 Å². The van der Waals surface area contributed by atoms with Crippen molar-refractivity contribution in [2.75, 3.05) is 26.7 Å². The maximum absolute atomic E-state index is 12.5. The summed E-state index contributed by atoms with van der Waals surface area (Å²) in [6.07, 6.45) is 20.9. The van der Waals surface area contributed by atoms with Crippen molar-refractivity contribution in [3.05, 3.63) is 11.8 Å². The minimum Gasteiger partial charge on any atom is -0.475 e. The van der Waals surface area contributed by atoms with Crippen LogP contribution in [0.15, 0.2) is 6.08 Å². The van der Waals surface area contributed by atoms with E-state index >= 15 is 0 Å². The lowest BCUT2D eigenvalue weighted by Gasteiger charge is -2.41. The zero-order chi connectivity index (χ0) is 26.1. The number of rotatable bonds is 20. The van der Waals surface area contributed by atoms with Gasteiger partial charge in [-0.2, -0.15) is 4.37 Å². The number of nitrogens with zero attached hydrogens (tertiary/aromatic N) is 3. The number of esters is 1. The van der Waals surface area contributed by atoms with E-state index in [1.807, 2.05) is 6.92 Å². The molecule has 0 N–H and O–H groups in total. The van der Waals surface area contributed by atoms with Gasteiger partial charge < -0.3 is 9.47 Å². The predicted octanol–water partition coefficient (Wildman–Crippen LogP) is 7.93. The molecule has 0 saturated heterocycles. The molecule has 1 aromatic rings. The molecule has 0 aliphatic carbocycles. The Bertz CT molecular complexity index is 767. The van der Waals surface area contributed by atoms with E-state index in [-0.39, 0.29) is 12.2 Å². The fraction of sp³-hybridized carbons (Fsp3) is 0.828. The summed E-state index contributed by atoms with van der Waals surface area (Å²) < 4.78 is 21.5. The summed E-state index contributed by atoms with van der Waals surface area (Å²) in [5.41, 5.74) is 2.02. The first-order chi connectivity index (χ1) is 17.5. The Hall–Kier alpha value is -1.47. The van der Waals surface area contributed by atoms with Crippen LogP contribution in [0.1, 0.15) is 129 Å². The smallest absolute Gasteiger partial charge is 0.310 e. The van der Waals surface area contributed by atoms with Crippen molar-refractivity contribution in [1.82, 2.24) is 8.75 Å². The third-order valence-corrected chi connectivity index (χ3v) is 7.99. The molecule has 0 saturated carbocycles. The summed E-state index contributed by atoms with van der Waals surface area (Å²) in [7, 11) is 2.18. The molecule has 0 amide bonds. The van der Waals surface area contributed by atoms with E-state index in [9.17, 15) is 4.79 Å². The minimum absolute atomic E-state index is 0.0658. The van der Waals surface area contributed by atoms with Crippen LogP contribution in [0.3, 0.4) is 0 Å². The van der Waals surface area contributed by atoms with Gasteiger partial charge in [0.05, 0.1) is 31.9 Å². The van der Waals surface area contributed by atoms with Crippen LogP contribution in [0.4, 0.5) is 0 Å². The topological polar surface area (TPSA) is 61.3 Å². The second kappa shape index (κ2) is 17.9. The molecule has 6 nitrogen and oxygen atoms in total. The first-order valence-electron chi connectivity index (χ1n) is 14.7. The largest absolute Gasteiger partial charge is 0.475 e. The maximum Gasteiger partial charge on any atom is 0.310 e. The number of likely N-dealkylation sites (N-methyl/N-ethyl adjacent to an activating group) is 1. The molecule has 2 heterocycles. The van der Waals surface area contributed by atoms with Crippen LogP contribution in [0, 0.1) is 0 Å². The molecular formula is C29H52N3O3S+. The van der Waals surface area contributed by atoms with E-state index in [0.717, 1.165) is 50.0 Å². The van der Waals surface area contributed by atoms with E-state index < -0.39 is 0 Å². The lowest BCUT2D eigenvalue weighted by molar-refractivity contribution is -0.944. The molecule has 0 fully saturated rings. The fourth-order valence-electron chi connectivity index (χ4n) is 4.85. The lowest BCUT2D eigenvalue weighted by Crippen LogP contribution is -2.55. The summed E-state index contributed by atoms with van der Waals surface area (Å²) >= 11 is 1.21. The molecular weight excluding hydrogens is 470 g/mol. The quantitative estimate of drug-likeness (QED) is 0.0988. The minimum atomic E-state index is -0.186. The molecule has 0 bridgehead atoms. The third kappa shape index (κ3) is 11.3. The summed E-state index contributed by atoms with van der Waals surface area (Å²) in [6, 6.07) is 0. The maximum atomic E-state index is 12.5. The molecule has 0 aromatic carbocycles. The van der Waals surface area contributed by atoms with Crippen molar-refractivity contribution in [1.29, 1.82) is 0 Å². The molecule has 0 radical (unpaired) electrons. The Labute approximate surface area is 224 Å². The van der Waals surface area contributed by atoms with Gasteiger partial charge in [0, 0.05) is 25.3 Å². The molecule has 7 heteroatoms. The Morgan fingerprint density at radius 2 is 1.56 bits per heavy atom. The van der Waals surface area contributed by atoms with Crippen LogP contribution in [-0.2, 0) is 9.53 Å². The molecule has 1 aromatic heterocycles.